The van der Waals surface area contributed by atoms with Gasteiger partial charge < -0.3 is 14.7 Å². The first kappa shape index (κ1) is 14.2. The molecule has 0 spiro atoms. The van der Waals surface area contributed by atoms with Crippen LogP contribution in [0.4, 0.5) is 4.79 Å². The minimum Gasteiger partial charge on any atom is -0.446 e. The van der Waals surface area contributed by atoms with Gasteiger partial charge >= 0.3 is 6.09 Å². The second kappa shape index (κ2) is 6.26. The lowest BCUT2D eigenvalue weighted by atomic mass is 10.1. The van der Waals surface area contributed by atoms with Crippen molar-refractivity contribution in [1.29, 1.82) is 0 Å². The smallest absolute Gasteiger partial charge is 0.410 e. The molecule has 4 nitrogen and oxygen atoms in total. The summed E-state index contributed by atoms with van der Waals surface area (Å²) in [4.78, 5) is 13.7. The first-order chi connectivity index (χ1) is 9.11. The molecule has 1 amide bonds. The van der Waals surface area contributed by atoms with Gasteiger partial charge in [-0.2, -0.15) is 0 Å². The molecule has 0 saturated carbocycles. The van der Waals surface area contributed by atoms with Crippen molar-refractivity contribution in [2.75, 3.05) is 13.2 Å². The van der Waals surface area contributed by atoms with Crippen molar-refractivity contribution in [3.05, 3.63) is 34.9 Å². The zero-order chi connectivity index (χ0) is 13.8. The van der Waals surface area contributed by atoms with Crippen LogP contribution in [0.25, 0.3) is 0 Å². The Morgan fingerprint density at radius 1 is 1.47 bits per heavy atom. The van der Waals surface area contributed by atoms with Gasteiger partial charge in [0.15, 0.2) is 0 Å². The predicted octanol–water partition coefficient (Wildman–Crippen LogP) is 2.99. The van der Waals surface area contributed by atoms with Gasteiger partial charge in [0, 0.05) is 31.0 Å². The molecular weight excluding hydrogens is 266 g/mol. The predicted molar refractivity (Wildman–Crippen MR) is 73.2 cm³/mol. The van der Waals surface area contributed by atoms with E-state index in [-0.39, 0.29) is 24.8 Å². The van der Waals surface area contributed by atoms with Crippen LogP contribution in [0.3, 0.4) is 0 Å². The van der Waals surface area contributed by atoms with Crippen molar-refractivity contribution in [3.8, 4) is 0 Å². The van der Waals surface area contributed by atoms with Crippen LogP contribution in [0, 0.1) is 0 Å². The maximum absolute atomic E-state index is 12.0. The Kier molecular flexibility index (Phi) is 4.66. The molecule has 1 saturated heterocycles. The quantitative estimate of drug-likeness (QED) is 0.924. The van der Waals surface area contributed by atoms with Gasteiger partial charge in [0.2, 0.25) is 0 Å². The summed E-state index contributed by atoms with van der Waals surface area (Å²) in [5.74, 6) is 0. The summed E-state index contributed by atoms with van der Waals surface area (Å²) in [6, 6.07) is 7.43. The van der Waals surface area contributed by atoms with Crippen molar-refractivity contribution in [3.63, 3.8) is 0 Å². The summed E-state index contributed by atoms with van der Waals surface area (Å²) in [6.07, 6.45) is 0.789. The molecule has 1 aliphatic rings. The number of hydrogen-bond donors (Lipinski definition) is 1. The van der Waals surface area contributed by atoms with E-state index in [0.29, 0.717) is 18.0 Å². The van der Waals surface area contributed by atoms with Gasteiger partial charge in [-0.25, -0.2) is 4.79 Å². The first-order valence-electron chi connectivity index (χ1n) is 6.45. The number of carbonyl (C=O) groups excluding carboxylic acids is 1. The molecule has 1 N–H and O–H groups in total. The SMILES string of the molecule is CC(c1ccc(Cl)cc1)N1CCC(CCO)OC1=O. The van der Waals surface area contributed by atoms with Crippen LogP contribution in [0.5, 0.6) is 0 Å². The molecule has 2 rings (SSSR count). The molecule has 2 atom stereocenters. The monoisotopic (exact) mass is 283 g/mol. The van der Waals surface area contributed by atoms with Crippen LogP contribution >= 0.6 is 11.6 Å². The highest BCUT2D eigenvalue weighted by molar-refractivity contribution is 6.30. The molecule has 1 fully saturated rings. The summed E-state index contributed by atoms with van der Waals surface area (Å²) >= 11 is 5.86. The molecule has 1 heterocycles. The molecule has 1 aliphatic heterocycles. The summed E-state index contributed by atoms with van der Waals surface area (Å²) in [7, 11) is 0. The highest BCUT2D eigenvalue weighted by atomic mass is 35.5. The first-order valence-corrected chi connectivity index (χ1v) is 6.83. The van der Waals surface area contributed by atoms with E-state index in [1.54, 1.807) is 4.90 Å². The fraction of sp³-hybridized carbons (Fsp3) is 0.500. The Bertz CT molecular complexity index is 435. The van der Waals surface area contributed by atoms with E-state index in [1.165, 1.54) is 0 Å². The second-order valence-electron chi connectivity index (χ2n) is 4.73. The minimum absolute atomic E-state index is 0.0418. The third kappa shape index (κ3) is 3.39. The van der Waals surface area contributed by atoms with Crippen LogP contribution in [0.2, 0.25) is 5.02 Å². The van der Waals surface area contributed by atoms with E-state index >= 15 is 0 Å². The maximum Gasteiger partial charge on any atom is 0.410 e. The molecule has 1 aromatic carbocycles. The highest BCUT2D eigenvalue weighted by Gasteiger charge is 2.30. The number of halogens is 1. The maximum atomic E-state index is 12.0. The highest BCUT2D eigenvalue weighted by Crippen LogP contribution is 2.26. The van der Waals surface area contributed by atoms with E-state index in [0.717, 1.165) is 12.0 Å². The fourth-order valence-electron chi connectivity index (χ4n) is 2.26. The van der Waals surface area contributed by atoms with Gasteiger partial charge in [-0.3, -0.25) is 0 Å². The van der Waals surface area contributed by atoms with Crippen LogP contribution in [0.15, 0.2) is 24.3 Å². The van der Waals surface area contributed by atoms with Gasteiger partial charge in [-0.1, -0.05) is 23.7 Å². The third-order valence-electron chi connectivity index (χ3n) is 3.46. The van der Waals surface area contributed by atoms with E-state index in [2.05, 4.69) is 0 Å². The number of cyclic esters (lactones) is 1. The van der Waals surface area contributed by atoms with Crippen LogP contribution < -0.4 is 0 Å². The molecule has 0 aromatic heterocycles. The van der Waals surface area contributed by atoms with Gasteiger partial charge in [-0.05, 0) is 24.6 Å². The van der Waals surface area contributed by atoms with Crippen LogP contribution in [0.1, 0.15) is 31.4 Å². The zero-order valence-electron chi connectivity index (χ0n) is 10.9. The van der Waals surface area contributed by atoms with E-state index < -0.39 is 0 Å². The average Bonchev–Trinajstić information content (AvgIpc) is 2.39. The summed E-state index contributed by atoms with van der Waals surface area (Å²) in [5.41, 5.74) is 1.03. The largest absolute Gasteiger partial charge is 0.446 e. The molecular formula is C14H18ClNO3. The lowest BCUT2D eigenvalue weighted by Gasteiger charge is -2.35. The van der Waals surface area contributed by atoms with Gasteiger partial charge in [0.05, 0.1) is 6.04 Å². The summed E-state index contributed by atoms with van der Waals surface area (Å²) in [6.45, 7) is 2.66. The topological polar surface area (TPSA) is 49.8 Å². The number of ether oxygens (including phenoxy) is 1. The number of rotatable bonds is 4. The average molecular weight is 284 g/mol. The molecule has 5 heteroatoms. The van der Waals surface area contributed by atoms with Gasteiger partial charge in [0.25, 0.3) is 0 Å². The van der Waals surface area contributed by atoms with Crippen molar-refractivity contribution in [1.82, 2.24) is 4.90 Å². The number of benzene rings is 1. The Labute approximate surface area is 117 Å². The third-order valence-corrected chi connectivity index (χ3v) is 3.72. The molecule has 0 bridgehead atoms. The Morgan fingerprint density at radius 3 is 2.74 bits per heavy atom. The molecule has 0 radical (unpaired) electrons. The Hall–Kier alpha value is -1.26. The molecule has 0 aliphatic carbocycles. The Balaban J connectivity index is 2.02. The summed E-state index contributed by atoms with van der Waals surface area (Å²) < 4.78 is 5.31. The summed E-state index contributed by atoms with van der Waals surface area (Å²) in [5, 5.41) is 9.55. The van der Waals surface area contributed by atoms with E-state index in [4.69, 9.17) is 21.4 Å². The van der Waals surface area contributed by atoms with E-state index in [1.807, 2.05) is 31.2 Å². The number of hydrogen-bond acceptors (Lipinski definition) is 3. The number of amides is 1. The number of carbonyl (C=O) groups is 1. The fourth-order valence-corrected chi connectivity index (χ4v) is 2.39. The lowest BCUT2D eigenvalue weighted by molar-refractivity contribution is 0.00401. The zero-order valence-corrected chi connectivity index (χ0v) is 11.6. The normalized spacial score (nSPS) is 21.1. The Morgan fingerprint density at radius 2 is 2.16 bits per heavy atom. The molecule has 1 aromatic rings. The van der Waals surface area contributed by atoms with Crippen molar-refractivity contribution in [2.45, 2.75) is 31.9 Å². The standard InChI is InChI=1S/C14H18ClNO3/c1-10(11-2-4-12(15)5-3-11)16-8-6-13(7-9-17)19-14(16)18/h2-5,10,13,17H,6-9H2,1H3. The lowest BCUT2D eigenvalue weighted by Crippen LogP contribution is -2.43. The van der Waals surface area contributed by atoms with Crippen molar-refractivity contribution < 1.29 is 14.6 Å². The van der Waals surface area contributed by atoms with Crippen molar-refractivity contribution >= 4 is 17.7 Å². The number of aliphatic hydroxyl groups is 1. The van der Waals surface area contributed by atoms with Crippen molar-refractivity contribution in [2.24, 2.45) is 0 Å². The molecule has 2 unspecified atom stereocenters. The van der Waals surface area contributed by atoms with Gasteiger partial charge in [-0.15, -0.1) is 0 Å². The minimum atomic E-state index is -0.313. The number of aliphatic hydroxyl groups excluding tert-OH is 1. The molecule has 19 heavy (non-hydrogen) atoms. The van der Waals surface area contributed by atoms with Gasteiger partial charge in [0.1, 0.15) is 6.10 Å². The second-order valence-corrected chi connectivity index (χ2v) is 5.16. The number of nitrogens with zero attached hydrogens (tertiary/aromatic N) is 1. The van der Waals surface area contributed by atoms with Crippen LogP contribution in [-0.2, 0) is 4.74 Å². The van der Waals surface area contributed by atoms with E-state index in [9.17, 15) is 4.79 Å². The molecule has 104 valence electrons. The van der Waals surface area contributed by atoms with Crippen LogP contribution in [-0.4, -0.2) is 35.4 Å².